The van der Waals surface area contributed by atoms with Gasteiger partial charge in [0, 0.05) is 13.1 Å². The lowest BCUT2D eigenvalue weighted by atomic mass is 9.82. The highest BCUT2D eigenvalue weighted by molar-refractivity contribution is 5.87. The Kier molecular flexibility index (Phi) is 4.05. The van der Waals surface area contributed by atoms with E-state index in [4.69, 9.17) is 0 Å². The van der Waals surface area contributed by atoms with E-state index in [1.165, 1.54) is 12.8 Å². The zero-order valence-corrected chi connectivity index (χ0v) is 12.7. The molecule has 4 heteroatoms. The molecule has 1 heterocycles. The van der Waals surface area contributed by atoms with Gasteiger partial charge in [-0.15, -0.1) is 0 Å². The molecular formula is C17H25NO3. The summed E-state index contributed by atoms with van der Waals surface area (Å²) in [6, 6.07) is 0. The second-order valence-electron chi connectivity index (χ2n) is 6.87. The van der Waals surface area contributed by atoms with Crippen molar-refractivity contribution in [1.82, 2.24) is 4.90 Å². The fraction of sp³-hybridized carbons (Fsp3) is 0.765. The van der Waals surface area contributed by atoms with Crippen molar-refractivity contribution in [2.45, 2.75) is 39.0 Å². The van der Waals surface area contributed by atoms with E-state index in [0.29, 0.717) is 0 Å². The van der Waals surface area contributed by atoms with Gasteiger partial charge in [0.2, 0.25) is 5.91 Å². The molecule has 0 aromatic heterocycles. The van der Waals surface area contributed by atoms with Crippen LogP contribution in [0.25, 0.3) is 0 Å². The average Bonchev–Trinajstić information content (AvgIpc) is 2.99. The third-order valence-electron chi connectivity index (χ3n) is 5.77. The summed E-state index contributed by atoms with van der Waals surface area (Å²) in [5.74, 6) is -0.598. The van der Waals surface area contributed by atoms with Gasteiger partial charge in [0.25, 0.3) is 0 Å². The van der Waals surface area contributed by atoms with Crippen LogP contribution < -0.4 is 0 Å². The number of rotatable bonds is 3. The van der Waals surface area contributed by atoms with Crippen molar-refractivity contribution in [3.8, 4) is 0 Å². The predicted molar refractivity (Wildman–Crippen MR) is 79.6 cm³/mol. The SMILES string of the molecule is CCC1CCCN(C(=O)[C@H]2C3C=CC(C3)[C@H]2C(=O)O)CC1. The van der Waals surface area contributed by atoms with Crippen LogP contribution in [0.3, 0.4) is 0 Å². The highest BCUT2D eigenvalue weighted by atomic mass is 16.4. The Morgan fingerprint density at radius 1 is 1.14 bits per heavy atom. The Morgan fingerprint density at radius 3 is 2.52 bits per heavy atom. The normalized spacial score (nSPS) is 38.5. The van der Waals surface area contributed by atoms with Crippen molar-refractivity contribution < 1.29 is 14.7 Å². The van der Waals surface area contributed by atoms with Crippen LogP contribution in [0.15, 0.2) is 12.2 Å². The number of carboxylic acids is 1. The van der Waals surface area contributed by atoms with E-state index in [1.54, 1.807) is 0 Å². The van der Waals surface area contributed by atoms with Gasteiger partial charge in [-0.2, -0.15) is 0 Å². The van der Waals surface area contributed by atoms with Crippen molar-refractivity contribution in [2.75, 3.05) is 13.1 Å². The van der Waals surface area contributed by atoms with Crippen LogP contribution in [-0.4, -0.2) is 35.0 Å². The number of fused-ring (bicyclic) bond motifs is 2. The summed E-state index contributed by atoms with van der Waals surface area (Å²) in [6.07, 6.45) is 9.41. The van der Waals surface area contributed by atoms with E-state index in [-0.39, 0.29) is 23.7 Å². The highest BCUT2D eigenvalue weighted by Crippen LogP contribution is 2.48. The summed E-state index contributed by atoms with van der Waals surface area (Å²) >= 11 is 0. The summed E-state index contributed by atoms with van der Waals surface area (Å²) in [6.45, 7) is 3.82. The van der Waals surface area contributed by atoms with Gasteiger partial charge in [-0.1, -0.05) is 25.5 Å². The Balaban J connectivity index is 1.72. The number of nitrogens with zero attached hydrogens (tertiary/aromatic N) is 1. The zero-order chi connectivity index (χ0) is 15.0. The Morgan fingerprint density at radius 2 is 1.86 bits per heavy atom. The molecule has 116 valence electrons. The molecule has 1 aliphatic heterocycles. The smallest absolute Gasteiger partial charge is 0.307 e. The third kappa shape index (κ3) is 2.60. The summed E-state index contributed by atoms with van der Waals surface area (Å²) in [7, 11) is 0. The summed E-state index contributed by atoms with van der Waals surface area (Å²) in [4.78, 5) is 26.4. The van der Waals surface area contributed by atoms with Crippen LogP contribution in [0, 0.1) is 29.6 Å². The standard InChI is InChI=1S/C17H25NO3/c1-2-11-4-3-8-18(9-7-11)16(19)14-12-5-6-13(10-12)15(14)17(20)21/h5-6,11-15H,2-4,7-10H2,1H3,(H,20,21)/t11?,12?,13?,14-,15+/m0/s1. The number of carbonyl (C=O) groups is 2. The monoisotopic (exact) mass is 291 g/mol. The maximum absolute atomic E-state index is 12.9. The minimum atomic E-state index is -0.800. The van der Waals surface area contributed by atoms with E-state index >= 15 is 0 Å². The molecular weight excluding hydrogens is 266 g/mol. The number of aliphatic carboxylic acids is 1. The Labute approximate surface area is 126 Å². The molecule has 3 rings (SSSR count). The third-order valence-corrected chi connectivity index (χ3v) is 5.77. The average molecular weight is 291 g/mol. The quantitative estimate of drug-likeness (QED) is 0.813. The molecule has 3 unspecified atom stereocenters. The molecule has 2 aliphatic carbocycles. The topological polar surface area (TPSA) is 57.6 Å². The van der Waals surface area contributed by atoms with Crippen LogP contribution in [0.4, 0.5) is 0 Å². The second kappa shape index (κ2) is 5.82. The number of carbonyl (C=O) groups excluding carboxylic acids is 1. The van der Waals surface area contributed by atoms with Crippen LogP contribution in [0.2, 0.25) is 0 Å². The van der Waals surface area contributed by atoms with Gasteiger partial charge in [-0.25, -0.2) is 0 Å². The number of hydrogen-bond donors (Lipinski definition) is 1. The van der Waals surface area contributed by atoms with Crippen molar-refractivity contribution in [1.29, 1.82) is 0 Å². The Bertz CT molecular complexity index is 459. The van der Waals surface area contributed by atoms with Crippen LogP contribution in [0.5, 0.6) is 0 Å². The van der Waals surface area contributed by atoms with Crippen LogP contribution in [-0.2, 0) is 9.59 Å². The molecule has 21 heavy (non-hydrogen) atoms. The summed E-state index contributed by atoms with van der Waals surface area (Å²) in [5, 5.41) is 9.48. The van der Waals surface area contributed by atoms with Gasteiger partial charge in [0.15, 0.2) is 0 Å². The first-order valence-electron chi connectivity index (χ1n) is 8.31. The molecule has 1 saturated heterocycles. The molecule has 1 N–H and O–H groups in total. The van der Waals surface area contributed by atoms with Crippen molar-refractivity contribution in [2.24, 2.45) is 29.6 Å². The molecule has 3 aliphatic rings. The molecule has 0 aromatic carbocycles. The van der Waals surface area contributed by atoms with Gasteiger partial charge < -0.3 is 10.0 Å². The number of carboxylic acid groups (broad SMARTS) is 1. The molecule has 0 aromatic rings. The molecule has 2 bridgehead atoms. The zero-order valence-electron chi connectivity index (χ0n) is 12.7. The van der Waals surface area contributed by atoms with E-state index in [1.807, 2.05) is 11.0 Å². The maximum Gasteiger partial charge on any atom is 0.307 e. The van der Waals surface area contributed by atoms with Gasteiger partial charge in [0.1, 0.15) is 0 Å². The first-order chi connectivity index (χ1) is 10.1. The lowest BCUT2D eigenvalue weighted by Gasteiger charge is -2.30. The highest BCUT2D eigenvalue weighted by Gasteiger charge is 2.52. The van der Waals surface area contributed by atoms with Gasteiger partial charge in [0.05, 0.1) is 11.8 Å². The van der Waals surface area contributed by atoms with E-state index < -0.39 is 11.9 Å². The van der Waals surface area contributed by atoms with E-state index in [2.05, 4.69) is 13.0 Å². The van der Waals surface area contributed by atoms with Crippen LogP contribution in [0.1, 0.15) is 39.0 Å². The minimum Gasteiger partial charge on any atom is -0.481 e. The second-order valence-corrected chi connectivity index (χ2v) is 6.87. The van der Waals surface area contributed by atoms with E-state index in [0.717, 1.165) is 38.3 Å². The molecule has 0 spiro atoms. The predicted octanol–water partition coefficient (Wildman–Crippen LogP) is 2.55. The minimum absolute atomic E-state index is 0.0665. The summed E-state index contributed by atoms with van der Waals surface area (Å²) < 4.78 is 0. The first-order valence-corrected chi connectivity index (χ1v) is 8.31. The lowest BCUT2D eigenvalue weighted by molar-refractivity contribution is -0.151. The van der Waals surface area contributed by atoms with E-state index in [9.17, 15) is 14.7 Å². The van der Waals surface area contributed by atoms with Gasteiger partial charge in [-0.05, 0) is 43.4 Å². The molecule has 0 radical (unpaired) electrons. The fourth-order valence-electron chi connectivity index (χ4n) is 4.50. The molecule has 4 nitrogen and oxygen atoms in total. The lowest BCUT2D eigenvalue weighted by Crippen LogP contribution is -2.43. The maximum atomic E-state index is 12.9. The largest absolute Gasteiger partial charge is 0.481 e. The molecule has 1 saturated carbocycles. The molecule has 5 atom stereocenters. The number of amides is 1. The van der Waals surface area contributed by atoms with Crippen molar-refractivity contribution >= 4 is 11.9 Å². The van der Waals surface area contributed by atoms with Gasteiger partial charge >= 0.3 is 5.97 Å². The summed E-state index contributed by atoms with van der Waals surface area (Å²) in [5.41, 5.74) is 0. The molecule has 1 amide bonds. The molecule has 2 fully saturated rings. The Hall–Kier alpha value is -1.32. The van der Waals surface area contributed by atoms with Crippen molar-refractivity contribution in [3.63, 3.8) is 0 Å². The van der Waals surface area contributed by atoms with Crippen LogP contribution >= 0.6 is 0 Å². The fourth-order valence-corrected chi connectivity index (χ4v) is 4.50. The number of likely N-dealkylation sites (tertiary alicyclic amines) is 1. The van der Waals surface area contributed by atoms with Gasteiger partial charge in [-0.3, -0.25) is 9.59 Å². The first kappa shape index (κ1) is 14.6. The van der Waals surface area contributed by atoms with Crippen molar-refractivity contribution in [3.05, 3.63) is 12.2 Å². The number of hydrogen-bond acceptors (Lipinski definition) is 2. The number of allylic oxidation sites excluding steroid dienone is 2.